The molecule has 2 aromatic carbocycles. The number of nitrogens with one attached hydrogen (secondary N) is 4. The van der Waals surface area contributed by atoms with Crippen LogP contribution in [0.3, 0.4) is 0 Å². The van der Waals surface area contributed by atoms with Crippen molar-refractivity contribution in [3.05, 3.63) is 59.7 Å². The number of nitrogens with zero attached hydrogens (tertiary/aromatic N) is 1. The van der Waals surface area contributed by atoms with Gasteiger partial charge in [0.05, 0.1) is 6.04 Å². The van der Waals surface area contributed by atoms with Crippen LogP contribution in [0.4, 0.5) is 16.2 Å². The van der Waals surface area contributed by atoms with Gasteiger partial charge in [-0.1, -0.05) is 36.4 Å². The summed E-state index contributed by atoms with van der Waals surface area (Å²) in [6.07, 6.45) is 0.466. The van der Waals surface area contributed by atoms with Gasteiger partial charge in [0.2, 0.25) is 5.91 Å². The van der Waals surface area contributed by atoms with E-state index in [1.54, 1.807) is 4.90 Å². The first-order chi connectivity index (χ1) is 13.7. The van der Waals surface area contributed by atoms with Gasteiger partial charge in [-0.2, -0.15) is 0 Å². The maximum atomic E-state index is 12.5. The number of benzene rings is 2. The zero-order valence-electron chi connectivity index (χ0n) is 15.4. The zero-order valence-corrected chi connectivity index (χ0v) is 15.4. The second-order valence-corrected chi connectivity index (χ2v) is 7.59. The highest BCUT2D eigenvalue weighted by atomic mass is 16.2. The lowest BCUT2D eigenvalue weighted by Crippen LogP contribution is -2.32. The molecule has 144 valence electrons. The lowest BCUT2D eigenvalue weighted by atomic mass is 9.76. The third kappa shape index (κ3) is 2.93. The molecule has 2 aromatic rings. The van der Waals surface area contributed by atoms with E-state index in [1.165, 1.54) is 5.56 Å². The number of hydrazine groups is 1. The molecule has 7 nitrogen and oxygen atoms in total. The number of hydrogen-bond donors (Lipinski definition) is 4. The number of rotatable bonds is 3. The summed E-state index contributed by atoms with van der Waals surface area (Å²) < 4.78 is 0. The Labute approximate surface area is 163 Å². The molecule has 5 rings (SSSR count). The number of anilines is 2. The molecule has 0 spiro atoms. The van der Waals surface area contributed by atoms with Crippen molar-refractivity contribution >= 4 is 23.3 Å². The topological polar surface area (TPSA) is 85.5 Å². The highest BCUT2D eigenvalue weighted by molar-refractivity contribution is 5.98. The summed E-state index contributed by atoms with van der Waals surface area (Å²) in [4.78, 5) is 26.2. The van der Waals surface area contributed by atoms with Crippen molar-refractivity contribution in [1.82, 2.24) is 16.2 Å². The molecule has 3 aliphatic rings. The van der Waals surface area contributed by atoms with Crippen LogP contribution in [0, 0.1) is 5.92 Å². The fraction of sp³-hybridized carbons (Fsp3) is 0.333. The van der Waals surface area contributed by atoms with E-state index in [4.69, 9.17) is 0 Å². The van der Waals surface area contributed by atoms with Crippen LogP contribution >= 0.6 is 0 Å². The number of hydrogen-bond acceptors (Lipinski definition) is 4. The fourth-order valence-electron chi connectivity index (χ4n) is 4.63. The summed E-state index contributed by atoms with van der Waals surface area (Å²) >= 11 is 0. The number of fused-ring (bicyclic) bond motifs is 1. The summed E-state index contributed by atoms with van der Waals surface area (Å²) in [6, 6.07) is 16.4. The average Bonchev–Trinajstić information content (AvgIpc) is 3.36. The average molecular weight is 377 g/mol. The van der Waals surface area contributed by atoms with Crippen LogP contribution in [-0.4, -0.2) is 31.6 Å². The van der Waals surface area contributed by atoms with E-state index in [9.17, 15) is 9.59 Å². The Kier molecular flexibility index (Phi) is 4.26. The van der Waals surface area contributed by atoms with Gasteiger partial charge in [-0.3, -0.25) is 15.1 Å². The van der Waals surface area contributed by atoms with Gasteiger partial charge in [0, 0.05) is 49.3 Å². The third-order valence-corrected chi connectivity index (χ3v) is 5.98. The molecule has 0 radical (unpaired) electrons. The molecule has 4 N–H and O–H groups in total. The molecular formula is C21H23N5O2. The Balaban J connectivity index is 1.48. The molecule has 0 aromatic heterocycles. The SMILES string of the molecule is O=C1CC(C2CNNC2c2ccccc2)c2ccc(N3CCNC3=O)cc2N1. The fourth-order valence-corrected chi connectivity index (χ4v) is 4.63. The second kappa shape index (κ2) is 6.92. The van der Waals surface area contributed by atoms with E-state index in [1.807, 2.05) is 30.3 Å². The summed E-state index contributed by atoms with van der Waals surface area (Å²) in [5, 5.41) is 5.83. The van der Waals surface area contributed by atoms with Crippen LogP contribution < -0.4 is 26.4 Å². The van der Waals surface area contributed by atoms with Gasteiger partial charge in [0.1, 0.15) is 0 Å². The van der Waals surface area contributed by atoms with Crippen LogP contribution in [0.25, 0.3) is 0 Å². The monoisotopic (exact) mass is 377 g/mol. The van der Waals surface area contributed by atoms with Crippen molar-refractivity contribution in [3.8, 4) is 0 Å². The van der Waals surface area contributed by atoms with Crippen molar-refractivity contribution in [1.29, 1.82) is 0 Å². The number of carbonyl (C=O) groups excluding carboxylic acids is 2. The van der Waals surface area contributed by atoms with Gasteiger partial charge < -0.3 is 10.6 Å². The first-order valence-corrected chi connectivity index (χ1v) is 9.73. The van der Waals surface area contributed by atoms with Gasteiger partial charge in [-0.05, 0) is 23.3 Å². The van der Waals surface area contributed by atoms with Crippen LogP contribution in [-0.2, 0) is 4.79 Å². The quantitative estimate of drug-likeness (QED) is 0.660. The van der Waals surface area contributed by atoms with Crippen molar-refractivity contribution < 1.29 is 9.59 Å². The maximum Gasteiger partial charge on any atom is 0.321 e. The second-order valence-electron chi connectivity index (χ2n) is 7.59. The molecule has 2 saturated heterocycles. The Morgan fingerprint density at radius 3 is 2.68 bits per heavy atom. The number of carbonyl (C=O) groups is 2. The molecule has 2 fully saturated rings. The van der Waals surface area contributed by atoms with Crippen LogP contribution in [0.5, 0.6) is 0 Å². The van der Waals surface area contributed by atoms with E-state index < -0.39 is 0 Å². The first kappa shape index (κ1) is 17.2. The predicted octanol–water partition coefficient (Wildman–Crippen LogP) is 2.11. The standard InChI is InChI=1S/C21H23N5O2/c27-19-11-16(17-12-23-25-20(17)13-4-2-1-3-5-13)15-7-6-14(10-18(15)24-19)26-9-8-22-21(26)28/h1-7,10,16-17,20,23,25H,8-9,11-12H2,(H,22,28)(H,24,27). The Hall–Kier alpha value is -2.90. The van der Waals surface area contributed by atoms with Gasteiger partial charge in [-0.25, -0.2) is 10.2 Å². The molecule has 3 aliphatic heterocycles. The molecule has 3 atom stereocenters. The van der Waals surface area contributed by atoms with Gasteiger partial charge >= 0.3 is 6.03 Å². The maximum absolute atomic E-state index is 12.5. The summed E-state index contributed by atoms with van der Waals surface area (Å²) in [5.41, 5.74) is 10.7. The Morgan fingerprint density at radius 1 is 1.04 bits per heavy atom. The van der Waals surface area contributed by atoms with Gasteiger partial charge in [-0.15, -0.1) is 0 Å². The smallest absolute Gasteiger partial charge is 0.321 e. The van der Waals surface area contributed by atoms with Crippen molar-refractivity contribution in [3.63, 3.8) is 0 Å². The minimum absolute atomic E-state index is 0.0271. The normalized spacial score (nSPS) is 26.7. The van der Waals surface area contributed by atoms with E-state index in [2.05, 4.69) is 39.7 Å². The van der Waals surface area contributed by atoms with Gasteiger partial charge in [0.15, 0.2) is 0 Å². The Morgan fingerprint density at radius 2 is 1.89 bits per heavy atom. The van der Waals surface area contributed by atoms with Crippen molar-refractivity contribution in [2.45, 2.75) is 18.4 Å². The summed E-state index contributed by atoms with van der Waals surface area (Å²) in [7, 11) is 0. The molecule has 7 heteroatoms. The number of urea groups is 1. The first-order valence-electron chi connectivity index (χ1n) is 9.73. The van der Waals surface area contributed by atoms with Crippen LogP contribution in [0.1, 0.15) is 29.5 Å². The highest BCUT2D eigenvalue weighted by Crippen LogP contribution is 2.44. The molecule has 0 aliphatic carbocycles. The lowest BCUT2D eigenvalue weighted by molar-refractivity contribution is -0.117. The van der Waals surface area contributed by atoms with Crippen LogP contribution in [0.15, 0.2) is 48.5 Å². The number of amides is 3. The van der Waals surface area contributed by atoms with Crippen molar-refractivity contribution in [2.75, 3.05) is 29.9 Å². The van der Waals surface area contributed by atoms with E-state index >= 15 is 0 Å². The summed E-state index contributed by atoms with van der Waals surface area (Å²) in [5.74, 6) is 0.394. The minimum Gasteiger partial charge on any atom is -0.336 e. The molecule has 3 heterocycles. The zero-order chi connectivity index (χ0) is 19.1. The molecular weight excluding hydrogens is 354 g/mol. The largest absolute Gasteiger partial charge is 0.336 e. The summed E-state index contributed by atoms with van der Waals surface area (Å²) in [6.45, 7) is 2.08. The highest BCUT2D eigenvalue weighted by Gasteiger charge is 2.39. The Bertz CT molecular complexity index is 916. The molecule has 28 heavy (non-hydrogen) atoms. The van der Waals surface area contributed by atoms with E-state index in [0.717, 1.165) is 23.5 Å². The lowest BCUT2D eigenvalue weighted by Gasteiger charge is -2.33. The molecule has 3 amide bonds. The van der Waals surface area contributed by atoms with E-state index in [0.29, 0.717) is 19.5 Å². The predicted molar refractivity (Wildman–Crippen MR) is 107 cm³/mol. The third-order valence-electron chi connectivity index (χ3n) is 5.98. The molecule has 0 bridgehead atoms. The van der Waals surface area contributed by atoms with Crippen LogP contribution in [0.2, 0.25) is 0 Å². The van der Waals surface area contributed by atoms with Gasteiger partial charge in [0.25, 0.3) is 0 Å². The molecule has 3 unspecified atom stereocenters. The minimum atomic E-state index is -0.0908. The van der Waals surface area contributed by atoms with E-state index in [-0.39, 0.29) is 29.8 Å². The van der Waals surface area contributed by atoms with Crippen molar-refractivity contribution in [2.24, 2.45) is 5.92 Å². The molecule has 0 saturated carbocycles.